The number of carbonyl (C=O) groups is 2. The molecule has 4 rings (SSSR count). The highest BCUT2D eigenvalue weighted by Crippen LogP contribution is 2.36. The van der Waals surface area contributed by atoms with E-state index < -0.39 is 6.04 Å². The third-order valence-electron chi connectivity index (χ3n) is 5.10. The number of hydrogen-bond donors (Lipinski definition) is 1. The van der Waals surface area contributed by atoms with E-state index in [-0.39, 0.29) is 11.8 Å². The number of fused-ring (bicyclic) bond motifs is 1. The average molecular weight is 460 g/mol. The first-order valence-electron chi connectivity index (χ1n) is 9.01. The molecular formula is C21H21IN2O2. The van der Waals surface area contributed by atoms with Gasteiger partial charge in [-0.25, -0.2) is 0 Å². The Balaban J connectivity index is 1.56. The minimum absolute atomic E-state index is 0.0602. The van der Waals surface area contributed by atoms with Crippen molar-refractivity contribution in [1.29, 1.82) is 0 Å². The average Bonchev–Trinajstić information content (AvgIpc) is 3.46. The topological polar surface area (TPSA) is 49.4 Å². The van der Waals surface area contributed by atoms with Crippen LogP contribution in [0.4, 0.5) is 0 Å². The molecule has 2 aliphatic rings. The molecule has 4 nitrogen and oxygen atoms in total. The molecule has 2 amide bonds. The molecule has 1 unspecified atom stereocenters. The third kappa shape index (κ3) is 3.77. The van der Waals surface area contributed by atoms with E-state index in [0.29, 0.717) is 25.4 Å². The molecule has 134 valence electrons. The molecule has 1 aliphatic carbocycles. The smallest absolute Gasteiger partial charge is 0.247 e. The Hall–Kier alpha value is -1.89. The van der Waals surface area contributed by atoms with E-state index in [1.54, 1.807) is 4.90 Å². The molecule has 0 aromatic heterocycles. The minimum atomic E-state index is -0.517. The van der Waals surface area contributed by atoms with E-state index in [1.807, 2.05) is 48.5 Å². The van der Waals surface area contributed by atoms with Crippen molar-refractivity contribution in [1.82, 2.24) is 10.2 Å². The summed E-state index contributed by atoms with van der Waals surface area (Å²) in [6.07, 6.45) is 2.70. The predicted octanol–water partition coefficient (Wildman–Crippen LogP) is 3.44. The molecule has 1 heterocycles. The van der Waals surface area contributed by atoms with Crippen LogP contribution in [0, 0.1) is 9.49 Å². The zero-order valence-electron chi connectivity index (χ0n) is 14.5. The van der Waals surface area contributed by atoms with Crippen molar-refractivity contribution in [3.63, 3.8) is 0 Å². The Morgan fingerprint density at radius 1 is 1.12 bits per heavy atom. The van der Waals surface area contributed by atoms with Crippen LogP contribution in [0.3, 0.4) is 0 Å². The molecule has 0 saturated heterocycles. The number of rotatable bonds is 5. The van der Waals surface area contributed by atoms with Crippen LogP contribution < -0.4 is 5.32 Å². The Morgan fingerprint density at radius 3 is 2.58 bits per heavy atom. The molecular weight excluding hydrogens is 439 g/mol. The molecule has 5 heteroatoms. The predicted molar refractivity (Wildman–Crippen MR) is 108 cm³/mol. The van der Waals surface area contributed by atoms with Crippen molar-refractivity contribution in [2.75, 3.05) is 6.54 Å². The maximum atomic E-state index is 13.1. The van der Waals surface area contributed by atoms with Gasteiger partial charge in [0.2, 0.25) is 11.8 Å². The summed E-state index contributed by atoms with van der Waals surface area (Å²) in [6, 6.07) is 15.4. The van der Waals surface area contributed by atoms with Crippen molar-refractivity contribution >= 4 is 34.4 Å². The SMILES string of the molecule is O=C(NCc1ccc(I)cc1)C1c2ccccc2CC(=O)N1CC1CC1. The van der Waals surface area contributed by atoms with E-state index in [2.05, 4.69) is 27.9 Å². The second-order valence-electron chi connectivity index (χ2n) is 7.11. The summed E-state index contributed by atoms with van der Waals surface area (Å²) in [7, 11) is 0. The Kier molecular flexibility index (Phi) is 4.98. The van der Waals surface area contributed by atoms with Gasteiger partial charge >= 0.3 is 0 Å². The number of hydrogen-bond acceptors (Lipinski definition) is 2. The summed E-state index contributed by atoms with van der Waals surface area (Å²) in [5.74, 6) is 0.519. The lowest BCUT2D eigenvalue weighted by Crippen LogP contribution is -2.48. The molecule has 0 spiro atoms. The van der Waals surface area contributed by atoms with Crippen LogP contribution in [-0.2, 0) is 22.6 Å². The van der Waals surface area contributed by atoms with Crippen molar-refractivity contribution in [2.24, 2.45) is 5.92 Å². The lowest BCUT2D eigenvalue weighted by atomic mass is 9.91. The van der Waals surface area contributed by atoms with Gasteiger partial charge in [-0.3, -0.25) is 9.59 Å². The number of amides is 2. The fourth-order valence-corrected chi connectivity index (χ4v) is 3.85. The van der Waals surface area contributed by atoms with Gasteiger partial charge in [0.1, 0.15) is 6.04 Å². The van der Waals surface area contributed by atoms with Crippen molar-refractivity contribution < 1.29 is 9.59 Å². The Bertz CT molecular complexity index is 830. The molecule has 26 heavy (non-hydrogen) atoms. The van der Waals surface area contributed by atoms with E-state index in [0.717, 1.165) is 29.5 Å². The first-order chi connectivity index (χ1) is 12.6. The van der Waals surface area contributed by atoms with Crippen LogP contribution in [0.2, 0.25) is 0 Å². The normalized spacial score (nSPS) is 19.2. The van der Waals surface area contributed by atoms with E-state index in [1.165, 1.54) is 3.57 Å². The van der Waals surface area contributed by atoms with Crippen LogP contribution in [0.1, 0.15) is 35.6 Å². The maximum Gasteiger partial charge on any atom is 0.247 e. The minimum Gasteiger partial charge on any atom is -0.350 e. The second-order valence-corrected chi connectivity index (χ2v) is 8.36. The number of nitrogens with one attached hydrogen (secondary N) is 1. The van der Waals surface area contributed by atoms with Gasteiger partial charge in [0.15, 0.2) is 0 Å². The summed E-state index contributed by atoms with van der Waals surface area (Å²) in [5.41, 5.74) is 3.00. The van der Waals surface area contributed by atoms with Crippen LogP contribution >= 0.6 is 22.6 Å². The lowest BCUT2D eigenvalue weighted by molar-refractivity contribution is -0.142. The van der Waals surface area contributed by atoms with Crippen LogP contribution in [-0.4, -0.2) is 23.3 Å². The standard InChI is InChI=1S/C21H21IN2O2/c22-17-9-7-14(8-10-17)12-23-21(26)20-18-4-2-1-3-16(18)11-19(25)24(20)13-15-5-6-15/h1-4,7-10,15,20H,5-6,11-13H2,(H,23,26). The molecule has 2 aromatic carbocycles. The summed E-state index contributed by atoms with van der Waals surface area (Å²) < 4.78 is 1.17. The highest BCUT2D eigenvalue weighted by atomic mass is 127. The highest BCUT2D eigenvalue weighted by Gasteiger charge is 2.39. The first kappa shape index (κ1) is 17.5. The molecule has 1 fully saturated rings. The number of nitrogens with zero attached hydrogens (tertiary/aromatic N) is 1. The maximum absolute atomic E-state index is 13.1. The van der Waals surface area contributed by atoms with Crippen molar-refractivity contribution in [2.45, 2.75) is 31.8 Å². The van der Waals surface area contributed by atoms with Crippen molar-refractivity contribution in [3.05, 3.63) is 68.8 Å². The molecule has 1 atom stereocenters. The van der Waals surface area contributed by atoms with Gasteiger partial charge in [-0.15, -0.1) is 0 Å². The van der Waals surface area contributed by atoms with Gasteiger partial charge in [0.05, 0.1) is 6.42 Å². The number of benzene rings is 2. The zero-order valence-corrected chi connectivity index (χ0v) is 16.6. The van der Waals surface area contributed by atoms with E-state index >= 15 is 0 Å². The molecule has 1 saturated carbocycles. The summed E-state index contributed by atoms with van der Waals surface area (Å²) in [4.78, 5) is 27.5. The van der Waals surface area contributed by atoms with Gasteiger partial charge in [0.25, 0.3) is 0 Å². The number of carbonyl (C=O) groups excluding carboxylic acids is 2. The van der Waals surface area contributed by atoms with Gasteiger partial charge < -0.3 is 10.2 Å². The monoisotopic (exact) mass is 460 g/mol. The second kappa shape index (κ2) is 7.39. The summed E-state index contributed by atoms with van der Waals surface area (Å²) >= 11 is 2.26. The lowest BCUT2D eigenvalue weighted by Gasteiger charge is -2.36. The van der Waals surface area contributed by atoms with Gasteiger partial charge in [-0.05, 0) is 70.2 Å². The Labute approximate surface area is 167 Å². The fourth-order valence-electron chi connectivity index (χ4n) is 3.49. The molecule has 2 aromatic rings. The quantitative estimate of drug-likeness (QED) is 0.696. The molecule has 0 bridgehead atoms. The van der Waals surface area contributed by atoms with Gasteiger partial charge in [-0.1, -0.05) is 36.4 Å². The van der Waals surface area contributed by atoms with Crippen LogP contribution in [0.25, 0.3) is 0 Å². The molecule has 0 radical (unpaired) electrons. The Morgan fingerprint density at radius 2 is 1.85 bits per heavy atom. The fraction of sp³-hybridized carbons (Fsp3) is 0.333. The third-order valence-corrected chi connectivity index (χ3v) is 5.82. The largest absolute Gasteiger partial charge is 0.350 e. The molecule has 1 aliphatic heterocycles. The van der Waals surface area contributed by atoms with Crippen molar-refractivity contribution in [3.8, 4) is 0 Å². The van der Waals surface area contributed by atoms with Crippen LogP contribution in [0.5, 0.6) is 0 Å². The zero-order chi connectivity index (χ0) is 18.1. The molecule has 1 N–H and O–H groups in total. The van der Waals surface area contributed by atoms with E-state index in [4.69, 9.17) is 0 Å². The van der Waals surface area contributed by atoms with Gasteiger partial charge in [0, 0.05) is 16.7 Å². The van der Waals surface area contributed by atoms with Crippen LogP contribution in [0.15, 0.2) is 48.5 Å². The summed E-state index contributed by atoms with van der Waals surface area (Å²) in [5, 5.41) is 3.04. The first-order valence-corrected chi connectivity index (χ1v) is 10.1. The van der Waals surface area contributed by atoms with Gasteiger partial charge in [-0.2, -0.15) is 0 Å². The summed E-state index contributed by atoms with van der Waals surface area (Å²) in [6.45, 7) is 1.16. The number of halogens is 1. The van der Waals surface area contributed by atoms with E-state index in [9.17, 15) is 9.59 Å². The highest BCUT2D eigenvalue weighted by molar-refractivity contribution is 14.1.